The second-order valence-corrected chi connectivity index (χ2v) is 18.3. The minimum absolute atomic E-state index is 0.0507. The number of sulfonamides is 1. The fraction of sp³-hybridized carbons (Fsp3) is 0.615. The van der Waals surface area contributed by atoms with E-state index in [4.69, 9.17) is 14.2 Å². The van der Waals surface area contributed by atoms with Gasteiger partial charge in [0.05, 0.1) is 49.3 Å². The average molecular weight is 738 g/mol. The van der Waals surface area contributed by atoms with Crippen LogP contribution in [0, 0.1) is 28.6 Å². The maximum absolute atomic E-state index is 14.6. The van der Waals surface area contributed by atoms with Crippen molar-refractivity contribution in [1.29, 1.82) is 0 Å². The molecule has 1 saturated heterocycles. The summed E-state index contributed by atoms with van der Waals surface area (Å²) >= 11 is 0. The molecule has 3 heterocycles. The largest absolute Gasteiger partial charge is 0.496 e. The lowest BCUT2D eigenvalue weighted by molar-refractivity contribution is -0.154. The van der Waals surface area contributed by atoms with E-state index in [1.54, 1.807) is 19.4 Å². The van der Waals surface area contributed by atoms with Crippen LogP contribution in [0.15, 0.2) is 37.1 Å². The summed E-state index contributed by atoms with van der Waals surface area (Å²) in [6, 6.07) is 4.86. The normalized spacial score (nSPS) is 28.7. The molecular formula is C39H51N3O9S. The number of ketones is 1. The number of fused-ring (bicyclic) bond motifs is 3. The van der Waals surface area contributed by atoms with Gasteiger partial charge in [-0.2, -0.15) is 0 Å². The number of carbonyl (C=O) groups excluding carboxylic acids is 4. The number of nitrogens with zero attached hydrogens (tertiary/aromatic N) is 2. The first-order valence-electron chi connectivity index (χ1n) is 18.4. The number of hydrogen-bond acceptors (Lipinski definition) is 10. The Kier molecular flexibility index (Phi) is 10.5. The molecule has 2 aliphatic heterocycles. The van der Waals surface area contributed by atoms with Crippen LogP contribution in [0.5, 0.6) is 11.6 Å². The van der Waals surface area contributed by atoms with Crippen molar-refractivity contribution in [1.82, 2.24) is 14.6 Å². The quantitative estimate of drug-likeness (QED) is 0.291. The van der Waals surface area contributed by atoms with Crippen LogP contribution in [0.25, 0.3) is 10.8 Å². The Morgan fingerprint density at radius 1 is 1.19 bits per heavy atom. The summed E-state index contributed by atoms with van der Waals surface area (Å²) in [5.74, 6) is -1.96. The highest BCUT2D eigenvalue weighted by atomic mass is 32.2. The van der Waals surface area contributed by atoms with Crippen molar-refractivity contribution in [2.45, 2.75) is 103 Å². The van der Waals surface area contributed by atoms with E-state index in [-0.39, 0.29) is 56.4 Å². The summed E-state index contributed by atoms with van der Waals surface area (Å²) in [5.41, 5.74) is -0.960. The number of aryl methyl sites for hydroxylation is 1. The Hall–Kier alpha value is -4.00. The summed E-state index contributed by atoms with van der Waals surface area (Å²) in [6.07, 6.45) is 5.90. The number of esters is 1. The van der Waals surface area contributed by atoms with Crippen molar-refractivity contribution in [2.75, 3.05) is 20.3 Å². The van der Waals surface area contributed by atoms with E-state index in [0.717, 1.165) is 41.3 Å². The fourth-order valence-electron chi connectivity index (χ4n) is 7.74. The Labute approximate surface area is 306 Å². The summed E-state index contributed by atoms with van der Waals surface area (Å²) in [5, 5.41) is 1.04. The van der Waals surface area contributed by atoms with Crippen LogP contribution in [0.1, 0.15) is 84.6 Å². The molecule has 0 spiro atoms. The van der Waals surface area contributed by atoms with E-state index in [0.29, 0.717) is 18.7 Å². The predicted octanol–water partition coefficient (Wildman–Crippen LogP) is 4.92. The number of benzene rings is 1. The Balaban J connectivity index is 1.35. The third-order valence-corrected chi connectivity index (χ3v) is 13.1. The average Bonchev–Trinajstić information content (AvgIpc) is 4.02. The second kappa shape index (κ2) is 14.4. The van der Waals surface area contributed by atoms with E-state index in [1.807, 2.05) is 45.9 Å². The van der Waals surface area contributed by atoms with E-state index in [2.05, 4.69) is 16.3 Å². The predicted molar refractivity (Wildman–Crippen MR) is 194 cm³/mol. The number of aromatic nitrogens is 1. The Morgan fingerprint density at radius 2 is 1.94 bits per heavy atom. The summed E-state index contributed by atoms with van der Waals surface area (Å²) in [7, 11) is -2.21. The van der Waals surface area contributed by atoms with Gasteiger partial charge in [0.2, 0.25) is 27.7 Å². The van der Waals surface area contributed by atoms with Crippen molar-refractivity contribution in [3.63, 3.8) is 0 Å². The van der Waals surface area contributed by atoms with Crippen LogP contribution < -0.4 is 14.2 Å². The molecule has 1 aromatic carbocycles. The molecule has 3 fully saturated rings. The second-order valence-electron chi connectivity index (χ2n) is 16.3. The maximum atomic E-state index is 14.6. The molecule has 52 heavy (non-hydrogen) atoms. The monoisotopic (exact) mass is 737 g/mol. The Morgan fingerprint density at radius 3 is 2.60 bits per heavy atom. The smallest absolute Gasteiger partial charge is 0.306 e. The Bertz CT molecular complexity index is 1870. The van der Waals surface area contributed by atoms with Crippen molar-refractivity contribution in [3.05, 3.63) is 42.6 Å². The van der Waals surface area contributed by atoms with Crippen molar-refractivity contribution >= 4 is 44.4 Å². The molecule has 2 amide bonds. The molecule has 4 bridgehead atoms. The highest BCUT2D eigenvalue weighted by molar-refractivity contribution is 7.90. The molecule has 1 aromatic heterocycles. The van der Waals surface area contributed by atoms with E-state index in [9.17, 15) is 27.6 Å². The molecule has 2 aliphatic carbocycles. The number of Topliss-reactive ketones (excluding diaryl/α,β-unsaturated/α-hetero) is 1. The number of allylic oxidation sites excluding steroid dienone is 1. The van der Waals surface area contributed by atoms with Crippen molar-refractivity contribution in [3.8, 4) is 11.6 Å². The number of hydrogen-bond donors (Lipinski definition) is 1. The lowest BCUT2D eigenvalue weighted by atomic mass is 9.77. The van der Waals surface area contributed by atoms with Crippen LogP contribution in [0.4, 0.5) is 0 Å². The van der Waals surface area contributed by atoms with Gasteiger partial charge in [-0.05, 0) is 84.9 Å². The molecule has 12 nitrogen and oxygen atoms in total. The molecule has 2 saturated carbocycles. The lowest BCUT2D eigenvalue weighted by Gasteiger charge is -2.35. The zero-order chi connectivity index (χ0) is 37.6. The number of ether oxygens (including phenoxy) is 3. The van der Waals surface area contributed by atoms with Crippen LogP contribution in [-0.2, 0) is 40.4 Å². The van der Waals surface area contributed by atoms with E-state index < -0.39 is 62.0 Å². The number of nitrogens with one attached hydrogen (secondary N) is 1. The lowest BCUT2D eigenvalue weighted by Crippen LogP contribution is -2.48. The summed E-state index contributed by atoms with van der Waals surface area (Å²) in [6.45, 7) is 11.8. The van der Waals surface area contributed by atoms with Crippen molar-refractivity contribution in [2.24, 2.45) is 28.6 Å². The molecule has 282 valence electrons. The zero-order valence-electron chi connectivity index (χ0n) is 30.8. The minimum Gasteiger partial charge on any atom is -0.496 e. The molecule has 1 unspecified atom stereocenters. The van der Waals surface area contributed by atoms with Gasteiger partial charge in [-0.15, -0.1) is 6.58 Å². The van der Waals surface area contributed by atoms with Gasteiger partial charge in [0.15, 0.2) is 5.78 Å². The van der Waals surface area contributed by atoms with Gasteiger partial charge in [0.1, 0.15) is 11.9 Å². The maximum Gasteiger partial charge on any atom is 0.306 e. The summed E-state index contributed by atoms with van der Waals surface area (Å²) in [4.78, 5) is 61.8. The number of cyclic esters (lactones) is 1. The topological polar surface area (TPSA) is 158 Å². The molecule has 4 aliphatic rings. The van der Waals surface area contributed by atoms with Gasteiger partial charge in [-0.25, -0.2) is 13.4 Å². The number of pyridine rings is 1. The van der Waals surface area contributed by atoms with E-state index in [1.165, 1.54) is 4.90 Å². The van der Waals surface area contributed by atoms with Crippen LogP contribution in [0.3, 0.4) is 0 Å². The van der Waals surface area contributed by atoms with Gasteiger partial charge in [0, 0.05) is 24.4 Å². The molecule has 6 rings (SSSR count). The number of rotatable bonds is 8. The SMILES string of the molecule is C=C[C@@H]1C[C@]1(CC(=O)[C@@H]1C[C@@H]2CN1C(=O)[C@H](C(C)(C)C)CC(=O)OCC(C)CCCc1cc3c(nccc3cc1OC)O2)C(=O)NS(=O)(=O)C1CC1. The first kappa shape index (κ1) is 37.7. The summed E-state index contributed by atoms with van der Waals surface area (Å²) < 4.78 is 45.7. The van der Waals surface area contributed by atoms with Gasteiger partial charge in [0.25, 0.3) is 0 Å². The first-order chi connectivity index (χ1) is 24.6. The molecule has 2 aromatic rings. The molecule has 13 heteroatoms. The zero-order valence-corrected chi connectivity index (χ0v) is 31.6. The first-order valence-corrected chi connectivity index (χ1v) is 19.9. The standard InChI is InChI=1S/C39H51N3O9S/c1-7-26-19-39(26,37(46)41-52(47,48)28-11-12-28)20-32(43)31-17-27-21-42(31)36(45)30(38(3,4)5)18-34(44)50-22-23(2)9-8-10-25-15-29-24(16-33(25)49-6)13-14-40-35(29)51-27/h7,13-16,23,26-28,30-31H,1,8-12,17-22H2,2-6H3,(H,41,46)/t23?,26-,27-,30-,31+,39-/m1/s1. The minimum atomic E-state index is -3.84. The van der Waals surface area contributed by atoms with Crippen LogP contribution in [-0.4, -0.2) is 79.5 Å². The fourth-order valence-corrected chi connectivity index (χ4v) is 9.13. The highest BCUT2D eigenvalue weighted by Crippen LogP contribution is 2.57. The molecule has 0 radical (unpaired) electrons. The highest BCUT2D eigenvalue weighted by Gasteiger charge is 2.61. The number of carbonyl (C=O) groups is 4. The molecular weight excluding hydrogens is 687 g/mol. The third-order valence-electron chi connectivity index (χ3n) is 11.3. The van der Waals surface area contributed by atoms with Crippen LogP contribution >= 0.6 is 0 Å². The number of amides is 2. The van der Waals surface area contributed by atoms with Gasteiger partial charge in [-0.1, -0.05) is 33.8 Å². The molecule has 1 N–H and O–H groups in total. The van der Waals surface area contributed by atoms with E-state index >= 15 is 0 Å². The van der Waals surface area contributed by atoms with Gasteiger partial charge >= 0.3 is 5.97 Å². The van der Waals surface area contributed by atoms with Gasteiger partial charge in [-0.3, -0.25) is 23.9 Å². The third kappa shape index (κ3) is 7.84. The van der Waals surface area contributed by atoms with Gasteiger partial charge < -0.3 is 19.1 Å². The van der Waals surface area contributed by atoms with Crippen LogP contribution in [0.2, 0.25) is 0 Å². The number of methoxy groups -OCH3 is 1. The van der Waals surface area contributed by atoms with Crippen molar-refractivity contribution < 1.29 is 41.8 Å². The molecule has 6 atom stereocenters.